The Kier molecular flexibility index (Phi) is 3.64. The number of carbonyl (C=O) groups is 1. The van der Waals surface area contributed by atoms with Crippen LogP contribution in [-0.2, 0) is 18.4 Å². The summed E-state index contributed by atoms with van der Waals surface area (Å²) in [6.07, 6.45) is 2.83. The first-order chi connectivity index (χ1) is 11.9. The Labute approximate surface area is 148 Å². The minimum absolute atomic E-state index is 0.0944. The van der Waals surface area contributed by atoms with E-state index in [1.807, 2.05) is 41.4 Å². The highest BCUT2D eigenvalue weighted by molar-refractivity contribution is 5.94. The van der Waals surface area contributed by atoms with Crippen molar-refractivity contribution in [3.05, 3.63) is 71.2 Å². The number of benzene rings is 1. The second kappa shape index (κ2) is 5.73. The molecule has 0 spiro atoms. The molecule has 0 saturated heterocycles. The van der Waals surface area contributed by atoms with Crippen LogP contribution in [0, 0.1) is 0 Å². The molecule has 25 heavy (non-hydrogen) atoms. The van der Waals surface area contributed by atoms with E-state index in [1.54, 1.807) is 0 Å². The van der Waals surface area contributed by atoms with Crippen LogP contribution in [0.1, 0.15) is 48.1 Å². The fraction of sp³-hybridized carbons (Fsp3) is 0.333. The number of pyridine rings is 1. The molecule has 3 heterocycles. The molecule has 2 aromatic heterocycles. The van der Waals surface area contributed by atoms with Gasteiger partial charge in [0, 0.05) is 24.7 Å². The second-order valence-corrected chi connectivity index (χ2v) is 7.74. The van der Waals surface area contributed by atoms with Gasteiger partial charge in [-0.05, 0) is 35.2 Å². The van der Waals surface area contributed by atoms with Crippen LogP contribution in [0.2, 0.25) is 0 Å². The van der Waals surface area contributed by atoms with Gasteiger partial charge in [0.05, 0.1) is 17.9 Å². The third-order valence-corrected chi connectivity index (χ3v) is 4.96. The maximum absolute atomic E-state index is 12.9. The van der Waals surface area contributed by atoms with E-state index >= 15 is 0 Å². The smallest absolute Gasteiger partial charge is 0.254 e. The molecule has 0 aliphatic carbocycles. The lowest BCUT2D eigenvalue weighted by Crippen LogP contribution is -2.36. The van der Waals surface area contributed by atoms with Crippen LogP contribution < -0.4 is 0 Å². The van der Waals surface area contributed by atoms with Crippen LogP contribution in [0.5, 0.6) is 0 Å². The number of hydrogen-bond acceptors (Lipinski definition) is 2. The second-order valence-electron chi connectivity index (χ2n) is 7.74. The quantitative estimate of drug-likeness (QED) is 0.679. The largest absolute Gasteiger partial charge is 0.332 e. The van der Waals surface area contributed by atoms with Crippen LogP contribution in [0.25, 0.3) is 5.65 Å². The average molecular weight is 333 g/mol. The highest BCUT2D eigenvalue weighted by Crippen LogP contribution is 2.24. The predicted molar refractivity (Wildman–Crippen MR) is 98.8 cm³/mol. The van der Waals surface area contributed by atoms with Gasteiger partial charge in [-0.1, -0.05) is 39.0 Å². The molecule has 0 saturated carbocycles. The summed E-state index contributed by atoms with van der Waals surface area (Å²) in [5, 5.41) is 0. The van der Waals surface area contributed by atoms with Crippen molar-refractivity contribution in [2.45, 2.75) is 39.2 Å². The van der Waals surface area contributed by atoms with Crippen LogP contribution in [-0.4, -0.2) is 26.7 Å². The summed E-state index contributed by atoms with van der Waals surface area (Å²) >= 11 is 0. The molecule has 0 fully saturated rings. The van der Waals surface area contributed by atoms with Crippen LogP contribution in [0.4, 0.5) is 0 Å². The van der Waals surface area contributed by atoms with Crippen molar-refractivity contribution in [2.75, 3.05) is 6.54 Å². The van der Waals surface area contributed by atoms with Gasteiger partial charge in [0.15, 0.2) is 0 Å². The number of imidazole rings is 1. The average Bonchev–Trinajstić information content (AvgIpc) is 2.98. The molecule has 128 valence electrons. The summed E-state index contributed by atoms with van der Waals surface area (Å²) in [4.78, 5) is 19.5. The van der Waals surface area contributed by atoms with Crippen molar-refractivity contribution >= 4 is 11.6 Å². The number of nitrogens with zero attached hydrogens (tertiary/aromatic N) is 3. The minimum Gasteiger partial charge on any atom is -0.332 e. The van der Waals surface area contributed by atoms with Gasteiger partial charge in [-0.3, -0.25) is 4.79 Å². The van der Waals surface area contributed by atoms with Gasteiger partial charge in [0.2, 0.25) is 0 Å². The molecule has 0 radical (unpaired) electrons. The fourth-order valence-electron chi connectivity index (χ4n) is 3.43. The van der Waals surface area contributed by atoms with Gasteiger partial charge in [-0.2, -0.15) is 0 Å². The molecule has 0 bridgehead atoms. The number of amides is 1. The van der Waals surface area contributed by atoms with E-state index in [9.17, 15) is 4.79 Å². The number of rotatable bonds is 1. The lowest BCUT2D eigenvalue weighted by molar-refractivity contribution is 0.0731. The van der Waals surface area contributed by atoms with E-state index < -0.39 is 0 Å². The highest BCUT2D eigenvalue weighted by atomic mass is 16.2. The highest BCUT2D eigenvalue weighted by Gasteiger charge is 2.25. The predicted octanol–water partition coefficient (Wildman–Crippen LogP) is 3.83. The lowest BCUT2D eigenvalue weighted by atomic mass is 9.86. The van der Waals surface area contributed by atoms with E-state index in [0.29, 0.717) is 6.54 Å². The van der Waals surface area contributed by atoms with Gasteiger partial charge in [-0.15, -0.1) is 0 Å². The zero-order chi connectivity index (χ0) is 17.6. The first kappa shape index (κ1) is 15.9. The zero-order valence-corrected chi connectivity index (χ0v) is 15.0. The van der Waals surface area contributed by atoms with E-state index in [-0.39, 0.29) is 11.3 Å². The van der Waals surface area contributed by atoms with Crippen LogP contribution >= 0.6 is 0 Å². The molecular formula is C21H23N3O. The van der Waals surface area contributed by atoms with Crippen molar-refractivity contribution < 1.29 is 4.79 Å². The fourth-order valence-corrected chi connectivity index (χ4v) is 3.43. The topological polar surface area (TPSA) is 37.6 Å². The Balaban J connectivity index is 1.60. The van der Waals surface area contributed by atoms with Gasteiger partial charge < -0.3 is 9.30 Å². The van der Waals surface area contributed by atoms with E-state index in [2.05, 4.69) is 42.3 Å². The molecule has 1 amide bonds. The summed E-state index contributed by atoms with van der Waals surface area (Å²) in [6.45, 7) is 7.87. The first-order valence-corrected chi connectivity index (χ1v) is 8.78. The first-order valence-electron chi connectivity index (χ1n) is 8.78. The monoisotopic (exact) mass is 333 g/mol. The van der Waals surface area contributed by atoms with Gasteiger partial charge in [0.25, 0.3) is 5.91 Å². The summed E-state index contributed by atoms with van der Waals surface area (Å²) in [7, 11) is 0. The van der Waals surface area contributed by atoms with Gasteiger partial charge in [0.1, 0.15) is 5.65 Å². The van der Waals surface area contributed by atoms with Crippen molar-refractivity contribution in [2.24, 2.45) is 0 Å². The zero-order valence-electron chi connectivity index (χ0n) is 15.0. The Hall–Kier alpha value is -2.62. The van der Waals surface area contributed by atoms with Gasteiger partial charge in [-0.25, -0.2) is 4.98 Å². The van der Waals surface area contributed by atoms with Gasteiger partial charge >= 0.3 is 0 Å². The molecule has 4 rings (SSSR count). The molecule has 0 N–H and O–H groups in total. The van der Waals surface area contributed by atoms with Crippen LogP contribution in [0.3, 0.4) is 0 Å². The maximum atomic E-state index is 12.9. The van der Waals surface area contributed by atoms with Crippen LogP contribution in [0.15, 0.2) is 48.7 Å². The summed E-state index contributed by atoms with van der Waals surface area (Å²) < 4.78 is 2.09. The normalized spacial score (nSPS) is 14.6. The lowest BCUT2D eigenvalue weighted by Gasteiger charge is -2.27. The molecule has 1 aliphatic rings. The summed E-state index contributed by atoms with van der Waals surface area (Å²) in [5.74, 6) is 0.0944. The summed E-state index contributed by atoms with van der Waals surface area (Å²) in [5.41, 5.74) is 5.28. The number of aromatic nitrogens is 2. The molecule has 0 atom stereocenters. The molecule has 3 aromatic rings. The molecule has 1 aliphatic heterocycles. The number of hydrogen-bond donors (Lipinski definition) is 0. The van der Waals surface area contributed by atoms with Crippen molar-refractivity contribution in [1.82, 2.24) is 14.3 Å². The molecule has 4 nitrogen and oxygen atoms in total. The molecule has 4 heteroatoms. The molecule has 0 unspecified atom stereocenters. The minimum atomic E-state index is 0.0944. The SMILES string of the molecule is CC(C)(C)c1ccc(C(=O)N2CCc3nc4ccccn4c3C2)cc1. The Morgan fingerprint density at radius 2 is 1.84 bits per heavy atom. The maximum Gasteiger partial charge on any atom is 0.254 e. The Morgan fingerprint density at radius 3 is 2.56 bits per heavy atom. The van der Waals surface area contributed by atoms with Crippen molar-refractivity contribution in [3.8, 4) is 0 Å². The Morgan fingerprint density at radius 1 is 1.08 bits per heavy atom. The third-order valence-electron chi connectivity index (χ3n) is 4.96. The molecular weight excluding hydrogens is 310 g/mol. The van der Waals surface area contributed by atoms with Crippen molar-refractivity contribution in [3.63, 3.8) is 0 Å². The third kappa shape index (κ3) is 2.82. The van der Waals surface area contributed by atoms with E-state index in [4.69, 9.17) is 0 Å². The summed E-state index contributed by atoms with van der Waals surface area (Å²) in [6, 6.07) is 14.0. The molecule has 1 aromatic carbocycles. The van der Waals surface area contributed by atoms with Crippen molar-refractivity contribution in [1.29, 1.82) is 0 Å². The standard InChI is InChI=1S/C21H23N3O/c1-21(2,3)16-9-7-15(8-10-16)20(25)23-13-11-17-18(14-23)24-12-5-4-6-19(24)22-17/h4-10,12H,11,13-14H2,1-3H3. The van der Waals surface area contributed by atoms with E-state index in [0.717, 1.165) is 35.6 Å². The Bertz CT molecular complexity index is 932. The number of fused-ring (bicyclic) bond motifs is 3. The van der Waals surface area contributed by atoms with E-state index in [1.165, 1.54) is 5.56 Å². The number of carbonyl (C=O) groups excluding carboxylic acids is 1.